The fraction of sp³-hybridized carbons (Fsp3) is 0.292. The van der Waals surface area contributed by atoms with Crippen LogP contribution in [0.4, 0.5) is 10.1 Å². The van der Waals surface area contributed by atoms with Crippen molar-refractivity contribution in [2.75, 3.05) is 31.1 Å². The van der Waals surface area contributed by atoms with Crippen LogP contribution in [-0.2, 0) is 17.0 Å². The minimum atomic E-state index is -0.272. The summed E-state index contributed by atoms with van der Waals surface area (Å²) in [6, 6.07) is 16.6. The van der Waals surface area contributed by atoms with Crippen LogP contribution in [-0.4, -0.2) is 47.0 Å². The molecular weight excluding hydrogens is 427 g/mol. The van der Waals surface area contributed by atoms with Crippen LogP contribution in [0.15, 0.2) is 64.5 Å². The lowest BCUT2D eigenvalue weighted by Crippen LogP contribution is -2.49. The molecule has 4 rings (SSSR count). The lowest BCUT2D eigenvalue weighted by atomic mass is 10.1. The highest BCUT2D eigenvalue weighted by Gasteiger charge is 2.24. The molecular formula is C24H25FN4O2S. The molecule has 6 nitrogen and oxygen atoms in total. The predicted octanol–water partition coefficient (Wildman–Crippen LogP) is 3.40. The zero-order valence-electron chi connectivity index (χ0n) is 17.9. The first-order valence-corrected chi connectivity index (χ1v) is 11.5. The van der Waals surface area contributed by atoms with Crippen molar-refractivity contribution in [1.29, 1.82) is 0 Å². The van der Waals surface area contributed by atoms with Gasteiger partial charge in [-0.3, -0.25) is 9.59 Å². The van der Waals surface area contributed by atoms with Crippen molar-refractivity contribution in [3.63, 3.8) is 0 Å². The summed E-state index contributed by atoms with van der Waals surface area (Å²) in [6.45, 7) is 3.84. The van der Waals surface area contributed by atoms with Gasteiger partial charge in [0, 0.05) is 43.2 Å². The van der Waals surface area contributed by atoms with E-state index in [-0.39, 0.29) is 23.7 Å². The first-order chi connectivity index (χ1) is 15.5. The molecule has 0 saturated carbocycles. The van der Waals surface area contributed by atoms with Crippen molar-refractivity contribution < 1.29 is 9.18 Å². The topological polar surface area (TPSA) is 69.3 Å². The van der Waals surface area contributed by atoms with E-state index in [0.29, 0.717) is 54.0 Å². The van der Waals surface area contributed by atoms with Gasteiger partial charge in [-0.15, -0.1) is 0 Å². The summed E-state index contributed by atoms with van der Waals surface area (Å²) in [5.41, 5.74) is 2.40. The SMILES string of the molecule is Cc1nc(SCc2ccccc2)[nH]c(=O)c1CC(=O)N1CCN(c2ccccc2F)CC1. The number of carbonyl (C=O) groups is 1. The van der Waals surface area contributed by atoms with Gasteiger partial charge in [0.15, 0.2) is 5.16 Å². The van der Waals surface area contributed by atoms with Gasteiger partial charge in [-0.25, -0.2) is 9.37 Å². The first-order valence-electron chi connectivity index (χ1n) is 10.5. The number of hydrogen-bond acceptors (Lipinski definition) is 5. The number of aryl methyl sites for hydroxylation is 1. The second kappa shape index (κ2) is 9.99. The van der Waals surface area contributed by atoms with Crippen molar-refractivity contribution >= 4 is 23.4 Å². The number of aromatic amines is 1. The number of nitrogens with zero attached hydrogens (tertiary/aromatic N) is 3. The third kappa shape index (κ3) is 5.19. The van der Waals surface area contributed by atoms with E-state index in [9.17, 15) is 14.0 Å². The van der Waals surface area contributed by atoms with Crippen LogP contribution < -0.4 is 10.5 Å². The van der Waals surface area contributed by atoms with E-state index in [1.165, 1.54) is 17.8 Å². The number of aromatic nitrogens is 2. The van der Waals surface area contributed by atoms with Gasteiger partial charge in [0.2, 0.25) is 5.91 Å². The second-order valence-electron chi connectivity index (χ2n) is 7.71. The molecule has 1 aliphatic heterocycles. The largest absolute Gasteiger partial charge is 0.366 e. The Morgan fingerprint density at radius 2 is 1.75 bits per heavy atom. The lowest BCUT2D eigenvalue weighted by molar-refractivity contribution is -0.130. The van der Waals surface area contributed by atoms with Crippen molar-refractivity contribution in [2.24, 2.45) is 0 Å². The Morgan fingerprint density at radius 3 is 2.44 bits per heavy atom. The van der Waals surface area contributed by atoms with Crippen LogP contribution in [0.25, 0.3) is 0 Å². The van der Waals surface area contributed by atoms with Crippen LogP contribution in [0.2, 0.25) is 0 Å². The van der Waals surface area contributed by atoms with E-state index >= 15 is 0 Å². The smallest absolute Gasteiger partial charge is 0.255 e. The maximum atomic E-state index is 14.0. The minimum absolute atomic E-state index is 0.0114. The van der Waals surface area contributed by atoms with Crippen molar-refractivity contribution in [3.8, 4) is 0 Å². The van der Waals surface area contributed by atoms with Gasteiger partial charge in [0.25, 0.3) is 5.56 Å². The third-order valence-electron chi connectivity index (χ3n) is 5.57. The summed E-state index contributed by atoms with van der Waals surface area (Å²) >= 11 is 1.46. The zero-order valence-corrected chi connectivity index (χ0v) is 18.7. The number of para-hydroxylation sites is 1. The molecule has 2 heterocycles. The van der Waals surface area contributed by atoms with Crippen LogP contribution in [0.5, 0.6) is 0 Å². The second-order valence-corrected chi connectivity index (χ2v) is 8.67. The maximum Gasteiger partial charge on any atom is 0.255 e. The van der Waals surface area contributed by atoms with Crippen LogP contribution in [0.1, 0.15) is 16.8 Å². The monoisotopic (exact) mass is 452 g/mol. The van der Waals surface area contributed by atoms with E-state index in [0.717, 1.165) is 5.56 Å². The summed E-state index contributed by atoms with van der Waals surface area (Å²) in [7, 11) is 0. The van der Waals surface area contributed by atoms with E-state index in [4.69, 9.17) is 0 Å². The number of anilines is 1. The summed E-state index contributed by atoms with van der Waals surface area (Å²) in [4.78, 5) is 36.4. The molecule has 0 spiro atoms. The number of piperazine rings is 1. The fourth-order valence-corrected chi connectivity index (χ4v) is 4.62. The number of benzene rings is 2. The Morgan fingerprint density at radius 1 is 1.06 bits per heavy atom. The number of hydrogen-bond donors (Lipinski definition) is 1. The quantitative estimate of drug-likeness (QED) is 0.459. The fourth-order valence-electron chi connectivity index (χ4n) is 3.76. The molecule has 1 amide bonds. The Kier molecular flexibility index (Phi) is 6.90. The summed E-state index contributed by atoms with van der Waals surface area (Å²) in [6.07, 6.45) is 0.0114. The molecule has 0 atom stereocenters. The molecule has 1 N–H and O–H groups in total. The average molecular weight is 453 g/mol. The van der Waals surface area contributed by atoms with Gasteiger partial charge in [-0.05, 0) is 24.6 Å². The van der Waals surface area contributed by atoms with Gasteiger partial charge < -0.3 is 14.8 Å². The van der Waals surface area contributed by atoms with Gasteiger partial charge in [-0.1, -0.05) is 54.2 Å². The van der Waals surface area contributed by atoms with Crippen molar-refractivity contribution in [2.45, 2.75) is 24.3 Å². The number of carbonyl (C=O) groups excluding carboxylic acids is 1. The van der Waals surface area contributed by atoms with Crippen molar-refractivity contribution in [3.05, 3.63) is 87.6 Å². The number of amides is 1. The predicted molar refractivity (Wildman–Crippen MR) is 124 cm³/mol. The minimum Gasteiger partial charge on any atom is -0.366 e. The lowest BCUT2D eigenvalue weighted by Gasteiger charge is -2.36. The highest BCUT2D eigenvalue weighted by molar-refractivity contribution is 7.98. The number of nitrogens with one attached hydrogen (secondary N) is 1. The summed E-state index contributed by atoms with van der Waals surface area (Å²) < 4.78 is 14.0. The normalized spacial score (nSPS) is 13.9. The Balaban J connectivity index is 1.36. The number of H-pyrrole nitrogens is 1. The van der Waals surface area contributed by atoms with Crippen LogP contribution in [0.3, 0.4) is 0 Å². The van der Waals surface area contributed by atoms with E-state index in [1.54, 1.807) is 30.0 Å². The Hall–Kier alpha value is -3.13. The van der Waals surface area contributed by atoms with Gasteiger partial charge in [-0.2, -0.15) is 0 Å². The van der Waals surface area contributed by atoms with Gasteiger partial charge >= 0.3 is 0 Å². The molecule has 0 bridgehead atoms. The van der Waals surface area contributed by atoms with Crippen LogP contribution >= 0.6 is 11.8 Å². The molecule has 0 radical (unpaired) electrons. The molecule has 166 valence electrons. The molecule has 1 aliphatic rings. The molecule has 2 aromatic carbocycles. The third-order valence-corrected chi connectivity index (χ3v) is 6.52. The maximum absolute atomic E-state index is 14.0. The molecule has 0 unspecified atom stereocenters. The van der Waals surface area contributed by atoms with E-state index in [2.05, 4.69) is 9.97 Å². The number of rotatable bonds is 6. The Labute approximate surface area is 190 Å². The van der Waals surface area contributed by atoms with Crippen molar-refractivity contribution in [1.82, 2.24) is 14.9 Å². The highest BCUT2D eigenvalue weighted by Crippen LogP contribution is 2.21. The Bertz CT molecular complexity index is 1140. The molecule has 1 saturated heterocycles. The van der Waals surface area contributed by atoms with Crippen LogP contribution in [0, 0.1) is 12.7 Å². The molecule has 0 aliphatic carbocycles. The number of halogens is 1. The summed E-state index contributed by atoms with van der Waals surface area (Å²) in [5, 5.41) is 0.547. The van der Waals surface area contributed by atoms with E-state index in [1.807, 2.05) is 35.2 Å². The highest BCUT2D eigenvalue weighted by atomic mass is 32.2. The zero-order chi connectivity index (χ0) is 22.5. The number of thioether (sulfide) groups is 1. The van der Waals surface area contributed by atoms with E-state index < -0.39 is 0 Å². The molecule has 3 aromatic rings. The standard InChI is InChI=1S/C24H25FN4O2S/c1-17-19(23(31)27-24(26-17)32-16-18-7-3-2-4-8-18)15-22(30)29-13-11-28(12-14-29)21-10-6-5-9-20(21)25/h2-10H,11-16H2,1H3,(H,26,27,31). The average Bonchev–Trinajstić information content (AvgIpc) is 2.81. The molecule has 1 aromatic heterocycles. The molecule has 32 heavy (non-hydrogen) atoms. The molecule has 1 fully saturated rings. The van der Waals surface area contributed by atoms with Gasteiger partial charge in [0.05, 0.1) is 12.1 Å². The summed E-state index contributed by atoms with van der Waals surface area (Å²) in [5.74, 6) is 0.331. The van der Waals surface area contributed by atoms with Gasteiger partial charge in [0.1, 0.15) is 5.82 Å². The molecule has 8 heteroatoms. The first kappa shape index (κ1) is 22.1.